The number of fused-ring (bicyclic) bond motifs is 3. The lowest BCUT2D eigenvalue weighted by Crippen LogP contribution is -2.44. The molecule has 0 aliphatic carbocycles. The number of benzene rings is 1. The fourth-order valence-corrected chi connectivity index (χ4v) is 3.96. The summed E-state index contributed by atoms with van der Waals surface area (Å²) in [4.78, 5) is 26.7. The zero-order chi connectivity index (χ0) is 19.7. The van der Waals surface area contributed by atoms with Crippen LogP contribution in [0.5, 0.6) is 5.75 Å². The van der Waals surface area contributed by atoms with E-state index in [4.69, 9.17) is 9.47 Å². The van der Waals surface area contributed by atoms with Crippen LogP contribution in [-0.2, 0) is 27.5 Å². The number of ether oxygens (including phenoxy) is 2. The van der Waals surface area contributed by atoms with Gasteiger partial charge in [-0.05, 0) is 38.8 Å². The van der Waals surface area contributed by atoms with Crippen molar-refractivity contribution < 1.29 is 19.1 Å². The second-order valence-electron chi connectivity index (χ2n) is 7.40. The number of carbonyl (C=O) groups is 2. The molecule has 4 rings (SSSR count). The summed E-state index contributed by atoms with van der Waals surface area (Å²) < 4.78 is 12.7. The van der Waals surface area contributed by atoms with Gasteiger partial charge in [0.15, 0.2) is 0 Å². The summed E-state index contributed by atoms with van der Waals surface area (Å²) in [5.41, 5.74) is 4.02. The fraction of sp³-hybridized carbons (Fsp3) is 0.476. The minimum absolute atomic E-state index is 0.0272. The molecule has 3 heterocycles. The van der Waals surface area contributed by atoms with Gasteiger partial charge in [-0.2, -0.15) is 5.10 Å². The number of esters is 1. The van der Waals surface area contributed by atoms with Crippen molar-refractivity contribution in [3.63, 3.8) is 0 Å². The summed E-state index contributed by atoms with van der Waals surface area (Å²) in [6, 6.07) is 6.04. The molecule has 0 unspecified atom stereocenters. The number of nitrogens with zero attached hydrogens (tertiary/aromatic N) is 3. The fourth-order valence-electron chi connectivity index (χ4n) is 3.96. The highest BCUT2D eigenvalue weighted by Gasteiger charge is 2.30. The maximum atomic E-state index is 12.9. The molecule has 28 heavy (non-hydrogen) atoms. The number of amides is 1. The molecule has 7 nitrogen and oxygen atoms in total. The number of hydrogen-bond acceptors (Lipinski definition) is 5. The molecule has 0 radical (unpaired) electrons. The first-order valence-electron chi connectivity index (χ1n) is 9.79. The summed E-state index contributed by atoms with van der Waals surface area (Å²) in [6.07, 6.45) is 3.34. The summed E-state index contributed by atoms with van der Waals surface area (Å²) in [5.74, 6) is 0.340. The van der Waals surface area contributed by atoms with Crippen LogP contribution in [0.2, 0.25) is 0 Å². The zero-order valence-corrected chi connectivity index (χ0v) is 16.3. The molecule has 2 aromatic rings. The Morgan fingerprint density at radius 2 is 2.21 bits per heavy atom. The molecule has 1 amide bonds. The van der Waals surface area contributed by atoms with E-state index in [0.29, 0.717) is 26.3 Å². The minimum Gasteiger partial charge on any atom is -0.488 e. The van der Waals surface area contributed by atoms with Gasteiger partial charge >= 0.3 is 5.97 Å². The van der Waals surface area contributed by atoms with E-state index in [1.165, 1.54) is 0 Å². The van der Waals surface area contributed by atoms with Crippen LogP contribution in [0.3, 0.4) is 0 Å². The standard InChI is InChI=1S/C21H25N3O4/c1-3-27-21(26)15-5-4-8-23(11-15)19(25)12-24-20-16(10-22-24)13-28-18-7-6-14(2)9-17(18)20/h6-7,9-10,15H,3-5,8,11-13H2,1-2H3/t15-/m0/s1. The van der Waals surface area contributed by atoms with Crippen LogP contribution in [0, 0.1) is 12.8 Å². The van der Waals surface area contributed by atoms with Crippen molar-refractivity contribution in [2.45, 2.75) is 39.8 Å². The first-order chi connectivity index (χ1) is 13.6. The van der Waals surface area contributed by atoms with Crippen LogP contribution in [0.4, 0.5) is 0 Å². The second kappa shape index (κ2) is 7.66. The topological polar surface area (TPSA) is 73.7 Å². The van der Waals surface area contributed by atoms with Crippen LogP contribution >= 0.6 is 0 Å². The Morgan fingerprint density at radius 1 is 1.36 bits per heavy atom. The lowest BCUT2D eigenvalue weighted by molar-refractivity contribution is -0.151. The maximum absolute atomic E-state index is 12.9. The Hall–Kier alpha value is -2.83. The molecule has 0 bridgehead atoms. The number of rotatable bonds is 4. The van der Waals surface area contributed by atoms with Crippen LogP contribution in [0.25, 0.3) is 11.3 Å². The van der Waals surface area contributed by atoms with Gasteiger partial charge in [0.1, 0.15) is 18.9 Å². The van der Waals surface area contributed by atoms with Gasteiger partial charge in [0.05, 0.1) is 24.4 Å². The van der Waals surface area contributed by atoms with Crippen LogP contribution in [-0.4, -0.2) is 46.3 Å². The van der Waals surface area contributed by atoms with Crippen molar-refractivity contribution in [1.82, 2.24) is 14.7 Å². The second-order valence-corrected chi connectivity index (χ2v) is 7.40. The SMILES string of the molecule is CCOC(=O)[C@H]1CCCN(C(=O)Cn2ncc3c2-c2cc(C)ccc2OC3)C1. The normalized spacial score (nSPS) is 18.1. The van der Waals surface area contributed by atoms with Crippen LogP contribution in [0.1, 0.15) is 30.9 Å². The van der Waals surface area contributed by atoms with Crippen molar-refractivity contribution in [3.8, 4) is 17.0 Å². The van der Waals surface area contributed by atoms with Crippen LogP contribution in [0.15, 0.2) is 24.4 Å². The number of hydrogen-bond donors (Lipinski definition) is 0. The first kappa shape index (κ1) is 18.5. The van der Waals surface area contributed by atoms with Gasteiger partial charge in [0, 0.05) is 24.2 Å². The third-order valence-corrected chi connectivity index (χ3v) is 5.37. The number of aryl methyl sites for hydroxylation is 1. The first-order valence-corrected chi connectivity index (χ1v) is 9.79. The number of aromatic nitrogens is 2. The molecule has 148 valence electrons. The third-order valence-electron chi connectivity index (χ3n) is 5.37. The molecule has 1 fully saturated rings. The largest absolute Gasteiger partial charge is 0.488 e. The highest BCUT2D eigenvalue weighted by molar-refractivity contribution is 5.80. The van der Waals surface area contributed by atoms with Gasteiger partial charge in [-0.3, -0.25) is 14.3 Å². The third kappa shape index (κ3) is 3.48. The molecule has 0 saturated carbocycles. The van der Waals surface area contributed by atoms with Gasteiger partial charge in [-0.1, -0.05) is 11.6 Å². The molecule has 1 aromatic carbocycles. The highest BCUT2D eigenvalue weighted by Crippen LogP contribution is 2.38. The van der Waals surface area contributed by atoms with E-state index in [1.807, 2.05) is 19.1 Å². The highest BCUT2D eigenvalue weighted by atomic mass is 16.5. The summed E-state index contributed by atoms with van der Waals surface area (Å²) in [6.45, 7) is 5.88. The van der Waals surface area contributed by atoms with Crippen LogP contribution < -0.4 is 4.74 Å². The van der Waals surface area contributed by atoms with Crippen molar-refractivity contribution in [2.24, 2.45) is 5.92 Å². The molecule has 7 heteroatoms. The van der Waals surface area contributed by atoms with E-state index < -0.39 is 0 Å². The van der Waals surface area contributed by atoms with E-state index in [-0.39, 0.29) is 24.3 Å². The lowest BCUT2D eigenvalue weighted by atomic mass is 9.98. The quantitative estimate of drug-likeness (QED) is 0.759. The molecule has 0 N–H and O–H groups in total. The van der Waals surface area contributed by atoms with Crippen molar-refractivity contribution in [1.29, 1.82) is 0 Å². The monoisotopic (exact) mass is 383 g/mol. The Morgan fingerprint density at radius 3 is 3.04 bits per heavy atom. The molecule has 1 saturated heterocycles. The summed E-state index contributed by atoms with van der Waals surface area (Å²) in [5, 5.41) is 4.44. The summed E-state index contributed by atoms with van der Waals surface area (Å²) in [7, 11) is 0. The Labute approximate surface area is 164 Å². The van der Waals surface area contributed by atoms with Crippen molar-refractivity contribution in [2.75, 3.05) is 19.7 Å². The molecular weight excluding hydrogens is 358 g/mol. The van der Waals surface area contributed by atoms with E-state index in [1.54, 1.807) is 22.7 Å². The van der Waals surface area contributed by atoms with Crippen molar-refractivity contribution in [3.05, 3.63) is 35.5 Å². The lowest BCUT2D eigenvalue weighted by Gasteiger charge is -2.31. The average Bonchev–Trinajstić information content (AvgIpc) is 3.11. The van der Waals surface area contributed by atoms with E-state index in [9.17, 15) is 9.59 Å². The number of piperidine rings is 1. The molecular formula is C21H25N3O4. The van der Waals surface area contributed by atoms with E-state index >= 15 is 0 Å². The zero-order valence-electron chi connectivity index (χ0n) is 16.3. The van der Waals surface area contributed by atoms with Gasteiger partial charge in [0.25, 0.3) is 0 Å². The van der Waals surface area contributed by atoms with Gasteiger partial charge in [-0.25, -0.2) is 0 Å². The predicted molar refractivity (Wildman–Crippen MR) is 103 cm³/mol. The van der Waals surface area contributed by atoms with Crippen molar-refractivity contribution >= 4 is 11.9 Å². The van der Waals surface area contributed by atoms with Gasteiger partial charge < -0.3 is 14.4 Å². The van der Waals surface area contributed by atoms with Gasteiger partial charge in [0.2, 0.25) is 5.91 Å². The molecule has 0 spiro atoms. The predicted octanol–water partition coefficient (Wildman–Crippen LogP) is 2.55. The Balaban J connectivity index is 1.52. The Bertz CT molecular complexity index is 905. The van der Waals surface area contributed by atoms with Gasteiger partial charge in [-0.15, -0.1) is 0 Å². The van der Waals surface area contributed by atoms with E-state index in [2.05, 4.69) is 11.2 Å². The van der Waals surface area contributed by atoms with E-state index in [0.717, 1.165) is 41.0 Å². The average molecular weight is 383 g/mol. The smallest absolute Gasteiger partial charge is 0.310 e. The molecule has 1 atom stereocenters. The number of carbonyl (C=O) groups excluding carboxylic acids is 2. The molecule has 2 aliphatic rings. The maximum Gasteiger partial charge on any atom is 0.310 e. The number of likely N-dealkylation sites (tertiary alicyclic amines) is 1. The molecule has 1 aromatic heterocycles. The Kier molecular flexibility index (Phi) is 5.07. The molecule has 2 aliphatic heterocycles. The summed E-state index contributed by atoms with van der Waals surface area (Å²) >= 11 is 0. The minimum atomic E-state index is -0.235.